The van der Waals surface area contributed by atoms with Crippen LogP contribution in [0.25, 0.3) is 10.6 Å². The minimum absolute atomic E-state index is 0.0268. The molecule has 20 heavy (non-hydrogen) atoms. The maximum absolute atomic E-state index is 12.0. The van der Waals surface area contributed by atoms with Gasteiger partial charge >= 0.3 is 5.97 Å². The van der Waals surface area contributed by atoms with Crippen molar-refractivity contribution in [3.8, 4) is 10.6 Å². The number of rotatable bonds is 6. The fourth-order valence-electron chi connectivity index (χ4n) is 1.63. The van der Waals surface area contributed by atoms with E-state index in [1.54, 1.807) is 6.07 Å². The fourth-order valence-corrected chi connectivity index (χ4v) is 2.68. The molecule has 0 aliphatic carbocycles. The number of nitrogens with one attached hydrogen (secondary N) is 2. The van der Waals surface area contributed by atoms with Crippen LogP contribution in [-0.4, -0.2) is 33.7 Å². The Labute approximate surface area is 123 Å². The van der Waals surface area contributed by atoms with Crippen LogP contribution in [0.5, 0.6) is 0 Å². The van der Waals surface area contributed by atoms with Crippen LogP contribution in [0.1, 0.15) is 23.2 Å². The number of hydrogen-bond acceptors (Lipinski definition) is 4. The number of carbonyl (C=O) groups excluding carboxylic acids is 1. The summed E-state index contributed by atoms with van der Waals surface area (Å²) in [7, 11) is 0. The van der Waals surface area contributed by atoms with Gasteiger partial charge in [0.25, 0.3) is 5.91 Å². The zero-order valence-corrected chi connectivity index (χ0v) is 11.9. The summed E-state index contributed by atoms with van der Waals surface area (Å²) in [5.41, 5.74) is 1.02. The quantitative estimate of drug-likeness (QED) is 0.714. The standard InChI is InChI=1S/C12H12ClN3O3S/c13-9-4-3-8(20-9)11-7(6-15-16-11)12(19)14-5-1-2-10(17)18/h3-4,6H,1-2,5H2,(H,14,19)(H,15,16)(H,17,18). The molecule has 0 radical (unpaired) electrons. The number of carboxylic acid groups (broad SMARTS) is 1. The van der Waals surface area contributed by atoms with E-state index in [-0.39, 0.29) is 12.3 Å². The van der Waals surface area contributed by atoms with Gasteiger partial charge in [0.1, 0.15) is 0 Å². The number of H-pyrrole nitrogens is 1. The van der Waals surface area contributed by atoms with Gasteiger partial charge < -0.3 is 10.4 Å². The van der Waals surface area contributed by atoms with Gasteiger partial charge in [-0.25, -0.2) is 0 Å². The molecule has 6 nitrogen and oxygen atoms in total. The molecule has 0 bridgehead atoms. The molecule has 0 fully saturated rings. The van der Waals surface area contributed by atoms with Crippen molar-refractivity contribution < 1.29 is 14.7 Å². The molecular formula is C12H12ClN3O3S. The predicted molar refractivity (Wildman–Crippen MR) is 76.1 cm³/mol. The summed E-state index contributed by atoms with van der Waals surface area (Å²) in [6.45, 7) is 0.306. The van der Waals surface area contributed by atoms with Crippen LogP contribution >= 0.6 is 22.9 Å². The van der Waals surface area contributed by atoms with Crippen molar-refractivity contribution in [1.82, 2.24) is 15.5 Å². The summed E-state index contributed by atoms with van der Waals surface area (Å²) in [6.07, 6.45) is 1.85. The SMILES string of the molecule is O=C(O)CCCNC(=O)c1cn[nH]c1-c1ccc(Cl)s1. The van der Waals surface area contributed by atoms with Gasteiger partial charge in [-0.3, -0.25) is 14.7 Å². The fraction of sp³-hybridized carbons (Fsp3) is 0.250. The molecule has 0 aromatic carbocycles. The Bertz CT molecular complexity index is 623. The average Bonchev–Trinajstić information content (AvgIpc) is 3.02. The molecule has 8 heteroatoms. The van der Waals surface area contributed by atoms with E-state index >= 15 is 0 Å². The van der Waals surface area contributed by atoms with E-state index in [4.69, 9.17) is 16.7 Å². The molecule has 3 N–H and O–H groups in total. The zero-order valence-electron chi connectivity index (χ0n) is 10.4. The highest BCUT2D eigenvalue weighted by Crippen LogP contribution is 2.31. The highest BCUT2D eigenvalue weighted by molar-refractivity contribution is 7.19. The van der Waals surface area contributed by atoms with Crippen molar-refractivity contribution in [3.05, 3.63) is 28.2 Å². The Morgan fingerprint density at radius 1 is 1.45 bits per heavy atom. The van der Waals surface area contributed by atoms with Crippen molar-refractivity contribution >= 4 is 34.8 Å². The molecular weight excluding hydrogens is 302 g/mol. The summed E-state index contributed by atoms with van der Waals surface area (Å²) in [6, 6.07) is 3.55. The summed E-state index contributed by atoms with van der Waals surface area (Å²) < 4.78 is 0.627. The predicted octanol–water partition coefficient (Wildman–Crippen LogP) is 2.39. The van der Waals surface area contributed by atoms with E-state index in [1.807, 2.05) is 6.07 Å². The smallest absolute Gasteiger partial charge is 0.303 e. The Kier molecular flexibility index (Phi) is 4.75. The van der Waals surface area contributed by atoms with Crippen LogP contribution < -0.4 is 5.32 Å². The van der Waals surface area contributed by atoms with Gasteiger partial charge in [0.2, 0.25) is 0 Å². The molecule has 1 amide bonds. The van der Waals surface area contributed by atoms with E-state index in [9.17, 15) is 9.59 Å². The Morgan fingerprint density at radius 2 is 2.25 bits per heavy atom. The molecule has 2 heterocycles. The van der Waals surface area contributed by atoms with Gasteiger partial charge in [-0.1, -0.05) is 11.6 Å². The van der Waals surface area contributed by atoms with Gasteiger partial charge in [0.05, 0.1) is 26.7 Å². The van der Waals surface area contributed by atoms with E-state index in [2.05, 4.69) is 15.5 Å². The van der Waals surface area contributed by atoms with Gasteiger partial charge in [-0.2, -0.15) is 5.10 Å². The summed E-state index contributed by atoms with van der Waals surface area (Å²) in [4.78, 5) is 23.2. The Morgan fingerprint density at radius 3 is 2.90 bits per heavy atom. The van der Waals surface area contributed by atoms with Crippen LogP contribution in [0.3, 0.4) is 0 Å². The molecule has 0 aliphatic rings. The second-order valence-electron chi connectivity index (χ2n) is 4.02. The highest BCUT2D eigenvalue weighted by Gasteiger charge is 2.16. The number of hydrogen-bond donors (Lipinski definition) is 3. The lowest BCUT2D eigenvalue weighted by molar-refractivity contribution is -0.137. The topological polar surface area (TPSA) is 95.1 Å². The molecule has 2 aromatic heterocycles. The molecule has 0 spiro atoms. The normalized spacial score (nSPS) is 10.4. The van der Waals surface area contributed by atoms with Crippen LogP contribution in [0.4, 0.5) is 0 Å². The molecule has 0 saturated carbocycles. The number of carboxylic acids is 1. The zero-order chi connectivity index (χ0) is 14.5. The first kappa shape index (κ1) is 14.5. The van der Waals surface area contributed by atoms with E-state index in [0.29, 0.717) is 28.6 Å². The first-order valence-electron chi connectivity index (χ1n) is 5.87. The van der Waals surface area contributed by atoms with E-state index < -0.39 is 5.97 Å². The first-order valence-corrected chi connectivity index (χ1v) is 7.06. The van der Waals surface area contributed by atoms with Gasteiger partial charge in [0, 0.05) is 13.0 Å². The van der Waals surface area contributed by atoms with Crippen LogP contribution in [0.15, 0.2) is 18.3 Å². The molecule has 2 rings (SSSR count). The largest absolute Gasteiger partial charge is 0.481 e. The third kappa shape index (κ3) is 3.58. The second-order valence-corrected chi connectivity index (χ2v) is 5.73. The number of carbonyl (C=O) groups is 2. The maximum Gasteiger partial charge on any atom is 0.303 e. The minimum Gasteiger partial charge on any atom is -0.481 e. The molecule has 0 saturated heterocycles. The first-order chi connectivity index (χ1) is 9.58. The van der Waals surface area contributed by atoms with Gasteiger partial charge in [0.15, 0.2) is 0 Å². The second kappa shape index (κ2) is 6.53. The number of nitrogens with zero attached hydrogens (tertiary/aromatic N) is 1. The van der Waals surface area contributed by atoms with Crippen molar-refractivity contribution in [1.29, 1.82) is 0 Å². The van der Waals surface area contributed by atoms with E-state index in [1.165, 1.54) is 17.5 Å². The molecule has 0 aliphatic heterocycles. The minimum atomic E-state index is -0.878. The third-order valence-corrected chi connectivity index (χ3v) is 3.81. The summed E-state index contributed by atoms with van der Waals surface area (Å²) in [5.74, 6) is -1.17. The number of aromatic nitrogens is 2. The van der Waals surface area contributed by atoms with Crippen molar-refractivity contribution in [2.75, 3.05) is 6.54 Å². The lowest BCUT2D eigenvalue weighted by Crippen LogP contribution is -2.25. The molecule has 0 atom stereocenters. The summed E-state index contributed by atoms with van der Waals surface area (Å²) in [5, 5.41) is 17.8. The number of halogens is 1. The summed E-state index contributed by atoms with van der Waals surface area (Å²) >= 11 is 7.22. The average molecular weight is 314 g/mol. The van der Waals surface area contributed by atoms with Gasteiger partial charge in [-0.05, 0) is 18.6 Å². The number of thiophene rings is 1. The molecule has 106 valence electrons. The van der Waals surface area contributed by atoms with Crippen molar-refractivity contribution in [3.63, 3.8) is 0 Å². The maximum atomic E-state index is 12.0. The van der Waals surface area contributed by atoms with Crippen molar-refractivity contribution in [2.24, 2.45) is 0 Å². The lowest BCUT2D eigenvalue weighted by atomic mass is 10.2. The molecule has 0 unspecified atom stereocenters. The number of aliphatic carboxylic acids is 1. The number of aromatic amines is 1. The van der Waals surface area contributed by atoms with Crippen LogP contribution in [0.2, 0.25) is 4.34 Å². The molecule has 2 aromatic rings. The van der Waals surface area contributed by atoms with E-state index in [0.717, 1.165) is 4.88 Å². The Balaban J connectivity index is 2.01. The van der Waals surface area contributed by atoms with Crippen LogP contribution in [-0.2, 0) is 4.79 Å². The highest BCUT2D eigenvalue weighted by atomic mass is 35.5. The van der Waals surface area contributed by atoms with Crippen molar-refractivity contribution in [2.45, 2.75) is 12.8 Å². The lowest BCUT2D eigenvalue weighted by Gasteiger charge is -2.03. The van der Waals surface area contributed by atoms with Crippen LogP contribution in [0, 0.1) is 0 Å². The Hall–Kier alpha value is -1.86. The third-order valence-electron chi connectivity index (χ3n) is 2.56. The monoisotopic (exact) mass is 313 g/mol. The number of amides is 1. The van der Waals surface area contributed by atoms with Gasteiger partial charge in [-0.15, -0.1) is 11.3 Å².